The third kappa shape index (κ3) is 3.81. The fraction of sp³-hybridized carbons (Fsp3) is 0.438. The number of hydrogen-bond acceptors (Lipinski definition) is 4. The molecule has 4 heteroatoms. The summed E-state index contributed by atoms with van der Waals surface area (Å²) in [5, 5.41) is 4.59. The quantitative estimate of drug-likeness (QED) is 0.877. The number of aromatic nitrogens is 1. The van der Waals surface area contributed by atoms with E-state index in [0.717, 1.165) is 29.5 Å². The largest absolute Gasteiger partial charge is 0.497 e. The number of nitrogens with one attached hydrogen (secondary N) is 1. The van der Waals surface area contributed by atoms with Crippen LogP contribution in [-0.2, 0) is 6.54 Å². The minimum absolute atomic E-state index is 0.664. The summed E-state index contributed by atoms with van der Waals surface area (Å²) in [6.07, 6.45) is 0. The van der Waals surface area contributed by atoms with Crippen molar-refractivity contribution in [2.24, 2.45) is 5.92 Å². The molecule has 1 N–H and O–H groups in total. The number of ether oxygens (including phenoxy) is 1. The SMILES string of the molecule is COc1ccc(-c2sc(CNCC(C)C)nc2C)cc1. The van der Waals surface area contributed by atoms with Crippen molar-refractivity contribution in [1.82, 2.24) is 10.3 Å². The van der Waals surface area contributed by atoms with Crippen molar-refractivity contribution in [2.75, 3.05) is 13.7 Å². The molecule has 0 radical (unpaired) electrons. The van der Waals surface area contributed by atoms with E-state index in [4.69, 9.17) is 4.74 Å². The maximum atomic E-state index is 5.19. The first-order valence-corrected chi connectivity index (χ1v) is 7.73. The number of thiazole rings is 1. The highest BCUT2D eigenvalue weighted by molar-refractivity contribution is 7.15. The van der Waals surface area contributed by atoms with Gasteiger partial charge in [0.25, 0.3) is 0 Å². The van der Waals surface area contributed by atoms with Crippen LogP contribution in [0.2, 0.25) is 0 Å². The van der Waals surface area contributed by atoms with Crippen molar-refractivity contribution in [3.05, 3.63) is 35.0 Å². The van der Waals surface area contributed by atoms with Crippen LogP contribution >= 0.6 is 11.3 Å². The molecule has 0 aliphatic rings. The molecule has 1 heterocycles. The Morgan fingerprint density at radius 1 is 1.25 bits per heavy atom. The average molecular weight is 290 g/mol. The molecule has 0 aliphatic heterocycles. The molecule has 2 rings (SSSR count). The molecule has 0 spiro atoms. The van der Waals surface area contributed by atoms with Gasteiger partial charge in [0, 0.05) is 6.54 Å². The van der Waals surface area contributed by atoms with E-state index in [0.29, 0.717) is 5.92 Å². The standard InChI is InChI=1S/C16H22N2OS/c1-11(2)9-17-10-15-18-12(3)16(20-15)13-5-7-14(19-4)8-6-13/h5-8,11,17H,9-10H2,1-4H3. The molecule has 108 valence electrons. The van der Waals surface area contributed by atoms with Gasteiger partial charge in [-0.1, -0.05) is 13.8 Å². The van der Waals surface area contributed by atoms with Crippen LogP contribution in [0.15, 0.2) is 24.3 Å². The van der Waals surface area contributed by atoms with Crippen LogP contribution in [-0.4, -0.2) is 18.6 Å². The Bertz CT molecular complexity index is 546. The van der Waals surface area contributed by atoms with Gasteiger partial charge in [0.2, 0.25) is 0 Å². The Labute approximate surface area is 125 Å². The number of rotatable bonds is 6. The Morgan fingerprint density at radius 3 is 2.55 bits per heavy atom. The highest BCUT2D eigenvalue weighted by atomic mass is 32.1. The molecular weight excluding hydrogens is 268 g/mol. The van der Waals surface area contributed by atoms with Crippen LogP contribution in [0.25, 0.3) is 10.4 Å². The molecule has 0 amide bonds. The summed E-state index contributed by atoms with van der Waals surface area (Å²) in [5.41, 5.74) is 2.30. The summed E-state index contributed by atoms with van der Waals surface area (Å²) in [4.78, 5) is 5.90. The van der Waals surface area contributed by atoms with Crippen LogP contribution in [0.4, 0.5) is 0 Å². The second-order valence-electron chi connectivity index (χ2n) is 5.28. The lowest BCUT2D eigenvalue weighted by Crippen LogP contribution is -2.18. The molecule has 0 fully saturated rings. The third-order valence-electron chi connectivity index (χ3n) is 3.02. The lowest BCUT2D eigenvalue weighted by atomic mass is 10.1. The Hall–Kier alpha value is -1.39. The first kappa shape index (κ1) is 15.0. The van der Waals surface area contributed by atoms with Crippen LogP contribution in [0.1, 0.15) is 24.5 Å². The van der Waals surface area contributed by atoms with Gasteiger partial charge < -0.3 is 10.1 Å². The van der Waals surface area contributed by atoms with Crippen LogP contribution in [0, 0.1) is 12.8 Å². The summed E-state index contributed by atoms with van der Waals surface area (Å²) in [7, 11) is 1.69. The van der Waals surface area contributed by atoms with Crippen molar-refractivity contribution in [1.29, 1.82) is 0 Å². The number of hydrogen-bond donors (Lipinski definition) is 1. The van der Waals surface area contributed by atoms with Gasteiger partial charge in [0.15, 0.2) is 0 Å². The smallest absolute Gasteiger partial charge is 0.118 e. The lowest BCUT2D eigenvalue weighted by molar-refractivity contribution is 0.415. The van der Waals surface area contributed by atoms with Crippen molar-refractivity contribution >= 4 is 11.3 Å². The van der Waals surface area contributed by atoms with Crippen LogP contribution in [0.3, 0.4) is 0 Å². The van der Waals surface area contributed by atoms with Gasteiger partial charge in [-0.05, 0) is 49.2 Å². The van der Waals surface area contributed by atoms with Crippen molar-refractivity contribution in [3.63, 3.8) is 0 Å². The van der Waals surface area contributed by atoms with Gasteiger partial charge in [-0.3, -0.25) is 0 Å². The Kier molecular flexibility index (Phi) is 5.15. The molecular formula is C16H22N2OS. The zero-order chi connectivity index (χ0) is 14.5. The van der Waals surface area contributed by atoms with Gasteiger partial charge in [-0.15, -0.1) is 11.3 Å². The van der Waals surface area contributed by atoms with E-state index in [1.165, 1.54) is 10.4 Å². The predicted molar refractivity (Wildman–Crippen MR) is 85.4 cm³/mol. The minimum atomic E-state index is 0.664. The fourth-order valence-electron chi connectivity index (χ4n) is 2.01. The molecule has 0 atom stereocenters. The first-order valence-electron chi connectivity index (χ1n) is 6.91. The van der Waals surface area contributed by atoms with E-state index in [9.17, 15) is 0 Å². The normalized spacial score (nSPS) is 11.1. The Balaban J connectivity index is 2.09. The molecule has 0 unspecified atom stereocenters. The lowest BCUT2D eigenvalue weighted by Gasteiger charge is -2.04. The number of methoxy groups -OCH3 is 1. The maximum absolute atomic E-state index is 5.19. The third-order valence-corrected chi connectivity index (χ3v) is 4.23. The molecule has 1 aromatic carbocycles. The van der Waals surface area contributed by atoms with E-state index in [1.807, 2.05) is 12.1 Å². The zero-order valence-electron chi connectivity index (χ0n) is 12.6. The second kappa shape index (κ2) is 6.86. The molecule has 1 aromatic heterocycles. The molecule has 3 nitrogen and oxygen atoms in total. The average Bonchev–Trinajstić information content (AvgIpc) is 2.79. The minimum Gasteiger partial charge on any atom is -0.497 e. The molecule has 2 aromatic rings. The highest BCUT2D eigenvalue weighted by Gasteiger charge is 2.09. The van der Waals surface area contributed by atoms with Gasteiger partial charge in [-0.2, -0.15) is 0 Å². The summed E-state index contributed by atoms with van der Waals surface area (Å²) < 4.78 is 5.19. The number of benzene rings is 1. The molecule has 0 saturated carbocycles. The number of nitrogens with zero attached hydrogens (tertiary/aromatic N) is 1. The number of aryl methyl sites for hydroxylation is 1. The van der Waals surface area contributed by atoms with Crippen molar-refractivity contribution < 1.29 is 4.74 Å². The summed E-state index contributed by atoms with van der Waals surface area (Å²) in [6, 6.07) is 8.16. The molecule has 0 bridgehead atoms. The van der Waals surface area contributed by atoms with E-state index < -0.39 is 0 Å². The monoisotopic (exact) mass is 290 g/mol. The molecule has 0 aliphatic carbocycles. The van der Waals surface area contributed by atoms with E-state index >= 15 is 0 Å². The van der Waals surface area contributed by atoms with Gasteiger partial charge in [-0.25, -0.2) is 4.98 Å². The van der Waals surface area contributed by atoms with Crippen molar-refractivity contribution in [3.8, 4) is 16.2 Å². The van der Waals surface area contributed by atoms with Gasteiger partial charge in [0.1, 0.15) is 10.8 Å². The Morgan fingerprint density at radius 2 is 1.95 bits per heavy atom. The van der Waals surface area contributed by atoms with E-state index in [-0.39, 0.29) is 0 Å². The summed E-state index contributed by atoms with van der Waals surface area (Å²) >= 11 is 1.76. The van der Waals surface area contributed by atoms with E-state index in [1.54, 1.807) is 18.4 Å². The maximum Gasteiger partial charge on any atom is 0.118 e. The van der Waals surface area contributed by atoms with Gasteiger partial charge >= 0.3 is 0 Å². The van der Waals surface area contributed by atoms with Gasteiger partial charge in [0.05, 0.1) is 17.7 Å². The van der Waals surface area contributed by atoms with Crippen LogP contribution < -0.4 is 10.1 Å². The predicted octanol–water partition coefficient (Wildman–Crippen LogP) is 3.87. The molecule has 20 heavy (non-hydrogen) atoms. The second-order valence-corrected chi connectivity index (χ2v) is 6.36. The topological polar surface area (TPSA) is 34.1 Å². The highest BCUT2D eigenvalue weighted by Crippen LogP contribution is 2.31. The zero-order valence-corrected chi connectivity index (χ0v) is 13.4. The van der Waals surface area contributed by atoms with E-state index in [2.05, 4.69) is 43.2 Å². The van der Waals surface area contributed by atoms with Crippen LogP contribution in [0.5, 0.6) is 5.75 Å². The fourth-order valence-corrected chi connectivity index (χ4v) is 3.05. The summed E-state index contributed by atoms with van der Waals surface area (Å²) in [6.45, 7) is 8.37. The molecule has 0 saturated heterocycles. The van der Waals surface area contributed by atoms with Crippen molar-refractivity contribution in [2.45, 2.75) is 27.3 Å². The first-order chi connectivity index (χ1) is 9.60. The summed E-state index contributed by atoms with van der Waals surface area (Å²) in [5.74, 6) is 1.55.